The molecule has 19 heavy (non-hydrogen) atoms. The van der Waals surface area contributed by atoms with E-state index < -0.39 is 0 Å². The van der Waals surface area contributed by atoms with Crippen molar-refractivity contribution in [1.82, 2.24) is 10.2 Å². The molecule has 2 unspecified atom stereocenters. The van der Waals surface area contributed by atoms with Crippen LogP contribution in [-0.4, -0.2) is 36.5 Å². The maximum Gasteiger partial charge on any atom is 0.255 e. The van der Waals surface area contributed by atoms with Gasteiger partial charge in [-0.05, 0) is 59.4 Å². The molecule has 3 rings (SSSR count). The fourth-order valence-electron chi connectivity index (χ4n) is 3.04. The molecule has 0 bridgehead atoms. The first-order chi connectivity index (χ1) is 9.15. The average molecular weight is 388 g/mol. The number of nitrogens with zero attached hydrogens (tertiary/aromatic N) is 1. The Morgan fingerprint density at radius 3 is 2.95 bits per heavy atom. The normalized spacial score (nSPS) is 26.3. The van der Waals surface area contributed by atoms with Crippen LogP contribution in [0.4, 0.5) is 0 Å². The second-order valence-corrected chi connectivity index (χ2v) is 7.07. The molecule has 0 aliphatic carbocycles. The molecule has 2 aliphatic rings. The van der Waals surface area contributed by atoms with E-state index in [2.05, 4.69) is 37.2 Å². The van der Waals surface area contributed by atoms with Gasteiger partial charge in [0.1, 0.15) is 0 Å². The summed E-state index contributed by atoms with van der Waals surface area (Å²) in [5.41, 5.74) is 0.744. The number of hydrogen-bond acceptors (Lipinski definition) is 2. The molecule has 102 valence electrons. The van der Waals surface area contributed by atoms with Gasteiger partial charge in [0.25, 0.3) is 5.91 Å². The Bertz CT molecular complexity index is 492. The van der Waals surface area contributed by atoms with E-state index in [0.717, 1.165) is 34.1 Å². The topological polar surface area (TPSA) is 32.3 Å². The molecule has 0 aromatic heterocycles. The first-order valence-electron chi connectivity index (χ1n) is 6.63. The van der Waals surface area contributed by atoms with Gasteiger partial charge < -0.3 is 10.2 Å². The highest BCUT2D eigenvalue weighted by atomic mass is 79.9. The van der Waals surface area contributed by atoms with E-state index in [1.54, 1.807) is 0 Å². The van der Waals surface area contributed by atoms with Crippen LogP contribution >= 0.6 is 31.9 Å². The number of carbonyl (C=O) groups is 1. The molecule has 1 aromatic rings. The van der Waals surface area contributed by atoms with Gasteiger partial charge in [-0.3, -0.25) is 4.79 Å². The summed E-state index contributed by atoms with van der Waals surface area (Å²) in [6.07, 6.45) is 2.46. The molecule has 0 spiro atoms. The van der Waals surface area contributed by atoms with Crippen molar-refractivity contribution in [3.05, 3.63) is 32.7 Å². The highest BCUT2D eigenvalue weighted by Crippen LogP contribution is 2.28. The zero-order valence-electron chi connectivity index (χ0n) is 10.5. The van der Waals surface area contributed by atoms with Crippen molar-refractivity contribution >= 4 is 37.8 Å². The SMILES string of the molecule is O=C(c1cc(Br)ccc1Br)N1CC2CCCNC2C1. The molecule has 2 heterocycles. The second kappa shape index (κ2) is 5.54. The minimum absolute atomic E-state index is 0.129. The number of hydrogen-bond donors (Lipinski definition) is 1. The summed E-state index contributed by atoms with van der Waals surface area (Å²) in [5, 5.41) is 3.53. The highest BCUT2D eigenvalue weighted by molar-refractivity contribution is 9.11. The fourth-order valence-corrected chi connectivity index (χ4v) is 3.82. The minimum Gasteiger partial charge on any atom is -0.337 e. The Balaban J connectivity index is 1.79. The number of nitrogens with one attached hydrogen (secondary N) is 1. The summed E-state index contributed by atoms with van der Waals surface area (Å²) < 4.78 is 1.80. The molecule has 1 aromatic carbocycles. The molecule has 5 heteroatoms. The van der Waals surface area contributed by atoms with Crippen molar-refractivity contribution < 1.29 is 4.79 Å². The Labute approximate surface area is 130 Å². The van der Waals surface area contributed by atoms with Crippen LogP contribution in [0.15, 0.2) is 27.1 Å². The van der Waals surface area contributed by atoms with E-state index >= 15 is 0 Å². The van der Waals surface area contributed by atoms with Crippen LogP contribution < -0.4 is 5.32 Å². The lowest BCUT2D eigenvalue weighted by Gasteiger charge is -2.24. The number of halogens is 2. The van der Waals surface area contributed by atoms with Crippen molar-refractivity contribution in [2.45, 2.75) is 18.9 Å². The maximum atomic E-state index is 12.6. The number of benzene rings is 1. The predicted octanol–water partition coefficient (Wildman–Crippen LogP) is 3.04. The smallest absolute Gasteiger partial charge is 0.255 e. The molecule has 1 N–H and O–H groups in total. The molecule has 2 aliphatic heterocycles. The van der Waals surface area contributed by atoms with E-state index in [0.29, 0.717) is 12.0 Å². The van der Waals surface area contributed by atoms with Gasteiger partial charge in [0, 0.05) is 28.1 Å². The van der Waals surface area contributed by atoms with Crippen LogP contribution in [0.5, 0.6) is 0 Å². The van der Waals surface area contributed by atoms with Crippen LogP contribution in [0, 0.1) is 5.92 Å². The lowest BCUT2D eigenvalue weighted by atomic mass is 9.94. The van der Waals surface area contributed by atoms with Crippen LogP contribution in [-0.2, 0) is 0 Å². The highest BCUT2D eigenvalue weighted by Gasteiger charge is 2.36. The predicted molar refractivity (Wildman–Crippen MR) is 82.3 cm³/mol. The Hall–Kier alpha value is -0.390. The summed E-state index contributed by atoms with van der Waals surface area (Å²) in [6.45, 7) is 2.81. The molecule has 0 radical (unpaired) electrons. The standard InChI is InChI=1S/C14H16Br2N2O/c15-10-3-4-12(16)11(6-10)14(19)18-7-9-2-1-5-17-13(9)8-18/h3-4,6,9,13,17H,1-2,5,7-8H2. The van der Waals surface area contributed by atoms with E-state index in [1.165, 1.54) is 12.8 Å². The number of piperidine rings is 1. The summed E-state index contributed by atoms with van der Waals surface area (Å²) >= 11 is 6.90. The van der Waals surface area contributed by atoms with E-state index in [1.807, 2.05) is 23.1 Å². The van der Waals surface area contributed by atoms with Gasteiger partial charge in [0.05, 0.1) is 5.56 Å². The summed E-state index contributed by atoms with van der Waals surface area (Å²) in [5.74, 6) is 0.757. The summed E-state index contributed by atoms with van der Waals surface area (Å²) in [4.78, 5) is 14.6. The number of amides is 1. The van der Waals surface area contributed by atoms with Gasteiger partial charge in [-0.15, -0.1) is 0 Å². The maximum absolute atomic E-state index is 12.6. The monoisotopic (exact) mass is 386 g/mol. The molecule has 2 fully saturated rings. The van der Waals surface area contributed by atoms with Gasteiger partial charge >= 0.3 is 0 Å². The van der Waals surface area contributed by atoms with Crippen molar-refractivity contribution in [2.24, 2.45) is 5.92 Å². The molecular formula is C14H16Br2N2O. The Morgan fingerprint density at radius 2 is 2.16 bits per heavy atom. The third-order valence-corrected chi connectivity index (χ3v) is 5.23. The van der Waals surface area contributed by atoms with Crippen LogP contribution in [0.2, 0.25) is 0 Å². The molecule has 2 atom stereocenters. The first kappa shape index (κ1) is 13.6. The third-order valence-electron chi connectivity index (χ3n) is 4.05. The number of rotatable bonds is 1. The quantitative estimate of drug-likeness (QED) is 0.803. The van der Waals surface area contributed by atoms with Gasteiger partial charge in [-0.25, -0.2) is 0 Å². The zero-order chi connectivity index (χ0) is 13.4. The molecule has 3 nitrogen and oxygen atoms in total. The molecule has 1 amide bonds. The molecule has 0 saturated carbocycles. The first-order valence-corrected chi connectivity index (χ1v) is 8.21. The van der Waals surface area contributed by atoms with Crippen LogP contribution in [0.25, 0.3) is 0 Å². The largest absolute Gasteiger partial charge is 0.337 e. The third kappa shape index (κ3) is 2.73. The van der Waals surface area contributed by atoms with Gasteiger partial charge in [-0.1, -0.05) is 15.9 Å². The van der Waals surface area contributed by atoms with Crippen molar-refractivity contribution in [1.29, 1.82) is 0 Å². The van der Waals surface area contributed by atoms with Crippen molar-refractivity contribution in [2.75, 3.05) is 19.6 Å². The number of fused-ring (bicyclic) bond motifs is 1. The lowest BCUT2D eigenvalue weighted by molar-refractivity contribution is 0.0784. The number of carbonyl (C=O) groups excluding carboxylic acids is 1. The van der Waals surface area contributed by atoms with Gasteiger partial charge in [-0.2, -0.15) is 0 Å². The Kier molecular flexibility index (Phi) is 3.96. The molecular weight excluding hydrogens is 372 g/mol. The average Bonchev–Trinajstić information content (AvgIpc) is 2.84. The zero-order valence-corrected chi connectivity index (χ0v) is 13.7. The van der Waals surface area contributed by atoms with Crippen LogP contribution in [0.1, 0.15) is 23.2 Å². The lowest BCUT2D eigenvalue weighted by Crippen LogP contribution is -2.41. The van der Waals surface area contributed by atoms with E-state index in [9.17, 15) is 4.79 Å². The van der Waals surface area contributed by atoms with Gasteiger partial charge in [0.2, 0.25) is 0 Å². The molecule has 2 saturated heterocycles. The van der Waals surface area contributed by atoms with Crippen molar-refractivity contribution in [3.8, 4) is 0 Å². The van der Waals surface area contributed by atoms with Gasteiger partial charge in [0.15, 0.2) is 0 Å². The summed E-state index contributed by atoms with van der Waals surface area (Å²) in [6, 6.07) is 6.23. The van der Waals surface area contributed by atoms with E-state index in [4.69, 9.17) is 0 Å². The fraction of sp³-hybridized carbons (Fsp3) is 0.500. The van der Waals surface area contributed by atoms with Crippen LogP contribution in [0.3, 0.4) is 0 Å². The van der Waals surface area contributed by atoms with E-state index in [-0.39, 0.29) is 5.91 Å². The summed E-state index contributed by atoms with van der Waals surface area (Å²) in [7, 11) is 0. The van der Waals surface area contributed by atoms with Crippen molar-refractivity contribution in [3.63, 3.8) is 0 Å². The Morgan fingerprint density at radius 1 is 1.32 bits per heavy atom. The minimum atomic E-state index is 0.129. The number of likely N-dealkylation sites (tertiary alicyclic amines) is 1. The second-order valence-electron chi connectivity index (χ2n) is 5.30.